The summed E-state index contributed by atoms with van der Waals surface area (Å²) in [6.07, 6.45) is 2.42. The van der Waals surface area contributed by atoms with Crippen molar-refractivity contribution in [2.45, 2.75) is 64.0 Å². The molecule has 1 unspecified atom stereocenters. The number of benzene rings is 3. The van der Waals surface area contributed by atoms with E-state index in [0.29, 0.717) is 22.8 Å². The van der Waals surface area contributed by atoms with Crippen LogP contribution in [0, 0.1) is 0 Å². The number of nitrogen functional groups attached to an aromatic ring is 1. The standard InChI is InChI=1S/C36H43N5O3Si/c1-36(2,3)45(4,5)44-31-22-28(24-39(25-31)23-26-12-8-6-9-13-26)40-32-20-21-38-34(37)33(32)41(35(40)42)27-16-18-30(19-17-27)43-29-14-10-7-11-15-29/h6-21,28,31H,22-25H2,1-5H3,(H2,37,38)/q-1/t28?,31-/m1/s1. The summed E-state index contributed by atoms with van der Waals surface area (Å²) in [5.41, 5.74) is 9.68. The number of nitrogens with zero attached hydrogens (tertiary/aromatic N) is 4. The molecule has 5 aromatic rings. The lowest BCUT2D eigenvalue weighted by Gasteiger charge is -2.53. The summed E-state index contributed by atoms with van der Waals surface area (Å²) in [7, 11) is -2.06. The van der Waals surface area contributed by atoms with Crippen molar-refractivity contribution >= 4 is 25.2 Å². The molecule has 1 aliphatic heterocycles. The molecule has 2 N–H and O–H groups in total. The zero-order valence-electron chi connectivity index (χ0n) is 26.8. The van der Waals surface area contributed by atoms with Crippen molar-refractivity contribution in [2.75, 3.05) is 18.8 Å². The van der Waals surface area contributed by atoms with Gasteiger partial charge < -0.3 is 14.9 Å². The molecule has 1 fully saturated rings. The number of hydrogen-bond donors (Lipinski definition) is 1. The second kappa shape index (κ2) is 12.3. The van der Waals surface area contributed by atoms with E-state index in [-0.39, 0.29) is 22.9 Å². The van der Waals surface area contributed by atoms with E-state index in [1.807, 2.05) is 71.3 Å². The van der Waals surface area contributed by atoms with Crippen LogP contribution in [0.5, 0.6) is 11.5 Å². The van der Waals surface area contributed by atoms with Gasteiger partial charge in [0.15, 0.2) is 0 Å². The quantitative estimate of drug-likeness (QED) is 0.182. The van der Waals surface area contributed by atoms with Gasteiger partial charge in [-0.2, -0.15) is 0 Å². The van der Waals surface area contributed by atoms with Gasteiger partial charge in [0.25, 0.3) is 0 Å². The Labute approximate surface area is 266 Å². The largest absolute Gasteiger partial charge is 0.561 e. The van der Waals surface area contributed by atoms with Crippen LogP contribution in [0.3, 0.4) is 0 Å². The predicted molar refractivity (Wildman–Crippen MR) is 184 cm³/mol. The zero-order chi connectivity index (χ0) is 31.8. The van der Waals surface area contributed by atoms with Gasteiger partial charge in [-0.05, 0) is 62.8 Å². The van der Waals surface area contributed by atoms with E-state index in [1.54, 1.807) is 10.8 Å². The SMILES string of the molecule is CC(C)(C)[Si-](C)(C)O[C@@H]1CC(n2c(=O)n(-c3ccc(Oc4ccccc4)cc3)c3c(N)nccc32)CN(Cc2ccccc2)C1. The van der Waals surface area contributed by atoms with Gasteiger partial charge >= 0.3 is 5.69 Å². The van der Waals surface area contributed by atoms with Crippen LogP contribution in [-0.4, -0.2) is 46.5 Å². The Morgan fingerprint density at radius 2 is 1.53 bits per heavy atom. The monoisotopic (exact) mass is 621 g/mol. The van der Waals surface area contributed by atoms with Gasteiger partial charge in [0.05, 0.1) is 17.2 Å². The topological polar surface area (TPSA) is 87.5 Å². The Kier molecular flexibility index (Phi) is 8.43. The summed E-state index contributed by atoms with van der Waals surface area (Å²) < 4.78 is 16.6. The maximum Gasteiger partial charge on any atom is 0.334 e. The molecule has 8 nitrogen and oxygen atoms in total. The van der Waals surface area contributed by atoms with Crippen LogP contribution in [0.15, 0.2) is 102 Å². The van der Waals surface area contributed by atoms with E-state index in [0.717, 1.165) is 37.3 Å². The van der Waals surface area contributed by atoms with E-state index in [4.69, 9.17) is 14.9 Å². The molecule has 1 aliphatic rings. The van der Waals surface area contributed by atoms with Crippen molar-refractivity contribution in [3.05, 3.63) is 113 Å². The molecule has 0 aliphatic carbocycles. The van der Waals surface area contributed by atoms with E-state index >= 15 is 0 Å². The van der Waals surface area contributed by atoms with Crippen LogP contribution in [0.4, 0.5) is 5.82 Å². The molecule has 0 spiro atoms. The summed E-state index contributed by atoms with van der Waals surface area (Å²) in [6, 6.07) is 29.4. The molecule has 2 atom stereocenters. The van der Waals surface area contributed by atoms with Crippen molar-refractivity contribution in [3.8, 4) is 17.2 Å². The van der Waals surface area contributed by atoms with E-state index in [9.17, 15) is 4.79 Å². The van der Waals surface area contributed by atoms with Crippen molar-refractivity contribution < 1.29 is 9.16 Å². The minimum atomic E-state index is -2.06. The summed E-state index contributed by atoms with van der Waals surface area (Å²) in [5.74, 6) is 1.75. The van der Waals surface area contributed by atoms with Crippen LogP contribution in [0.2, 0.25) is 18.1 Å². The van der Waals surface area contributed by atoms with Gasteiger partial charge in [0.2, 0.25) is 0 Å². The van der Waals surface area contributed by atoms with E-state index in [1.165, 1.54) is 5.56 Å². The molecule has 0 bridgehead atoms. The maximum absolute atomic E-state index is 14.5. The molecule has 0 saturated carbocycles. The Morgan fingerprint density at radius 1 is 0.889 bits per heavy atom. The number of piperidine rings is 1. The molecular weight excluding hydrogens is 579 g/mol. The molecule has 45 heavy (non-hydrogen) atoms. The lowest BCUT2D eigenvalue weighted by molar-refractivity contribution is 0.0464. The van der Waals surface area contributed by atoms with E-state index < -0.39 is 8.32 Å². The molecule has 0 amide bonds. The number of likely N-dealkylation sites (tertiary alicyclic amines) is 1. The third-order valence-electron chi connectivity index (χ3n) is 9.23. The number of imidazole rings is 1. The highest BCUT2D eigenvalue weighted by atomic mass is 28.4. The lowest BCUT2D eigenvalue weighted by Crippen LogP contribution is -2.52. The van der Waals surface area contributed by atoms with Crippen molar-refractivity contribution in [2.24, 2.45) is 0 Å². The van der Waals surface area contributed by atoms with Crippen molar-refractivity contribution in [1.29, 1.82) is 0 Å². The number of aromatic nitrogens is 3. The van der Waals surface area contributed by atoms with Crippen molar-refractivity contribution in [1.82, 2.24) is 19.0 Å². The fourth-order valence-corrected chi connectivity index (χ4v) is 7.38. The summed E-state index contributed by atoms with van der Waals surface area (Å²) in [6.45, 7) is 13.7. The van der Waals surface area contributed by atoms with Gasteiger partial charge in [-0.15, -0.1) is 18.1 Å². The van der Waals surface area contributed by atoms with Gasteiger partial charge in [-0.3, -0.25) is 14.0 Å². The number of pyridine rings is 1. The number of ether oxygens (including phenoxy) is 1. The molecule has 1 saturated heterocycles. The third kappa shape index (κ3) is 6.47. The molecule has 6 rings (SSSR count). The fraction of sp³-hybridized carbons (Fsp3) is 0.333. The summed E-state index contributed by atoms with van der Waals surface area (Å²) >= 11 is 0. The van der Waals surface area contributed by atoms with Crippen molar-refractivity contribution in [3.63, 3.8) is 0 Å². The smallest absolute Gasteiger partial charge is 0.334 e. The molecule has 3 heterocycles. The van der Waals surface area contributed by atoms with Gasteiger partial charge in [0.1, 0.15) is 22.8 Å². The Hall–Kier alpha value is -4.18. The number of fused-ring (bicyclic) bond motifs is 1. The molecule has 0 radical (unpaired) electrons. The minimum absolute atomic E-state index is 0.00717. The Bertz CT molecular complexity index is 1810. The maximum atomic E-state index is 14.5. The molecular formula is C36H43N5O3Si-. The summed E-state index contributed by atoms with van der Waals surface area (Å²) in [4.78, 5) is 21.3. The number of para-hydroxylation sites is 1. The van der Waals surface area contributed by atoms with Crippen LogP contribution in [0.25, 0.3) is 16.7 Å². The Morgan fingerprint density at radius 3 is 2.20 bits per heavy atom. The van der Waals surface area contributed by atoms with Crippen LogP contribution in [-0.2, 0) is 11.0 Å². The van der Waals surface area contributed by atoms with Crippen LogP contribution >= 0.6 is 0 Å². The number of nitrogens with two attached hydrogens (primary N) is 1. The number of anilines is 1. The average Bonchev–Trinajstić information content (AvgIpc) is 3.30. The van der Waals surface area contributed by atoms with E-state index in [2.05, 4.69) is 68.0 Å². The predicted octanol–water partition coefficient (Wildman–Crippen LogP) is 7.40. The second-order valence-corrected chi connectivity index (χ2v) is 18.3. The molecule has 2 aromatic heterocycles. The first kappa shape index (κ1) is 30.8. The first-order valence-electron chi connectivity index (χ1n) is 15.6. The van der Waals surface area contributed by atoms with Crippen LogP contribution < -0.4 is 16.2 Å². The van der Waals surface area contributed by atoms with Crippen LogP contribution in [0.1, 0.15) is 38.8 Å². The average molecular weight is 622 g/mol. The minimum Gasteiger partial charge on any atom is -0.561 e. The van der Waals surface area contributed by atoms with Gasteiger partial charge in [-0.25, -0.2) is 9.78 Å². The number of rotatable bonds is 8. The van der Waals surface area contributed by atoms with Gasteiger partial charge in [-0.1, -0.05) is 69.3 Å². The second-order valence-electron chi connectivity index (χ2n) is 13.5. The third-order valence-corrected chi connectivity index (χ3v) is 13.8. The van der Waals surface area contributed by atoms with Gasteiger partial charge in [0, 0.05) is 31.9 Å². The molecule has 235 valence electrons. The Balaban J connectivity index is 1.39. The number of hydrogen-bond acceptors (Lipinski definition) is 6. The first-order valence-corrected chi connectivity index (χ1v) is 18.6. The highest BCUT2D eigenvalue weighted by Gasteiger charge is 2.35. The molecule has 9 heteroatoms. The zero-order valence-corrected chi connectivity index (χ0v) is 27.8. The highest BCUT2D eigenvalue weighted by molar-refractivity contribution is 6.74. The normalized spacial score (nSPS) is 17.9. The fourth-order valence-electron chi connectivity index (χ4n) is 6.02. The molecule has 3 aromatic carbocycles. The highest BCUT2D eigenvalue weighted by Crippen LogP contribution is 2.39. The lowest BCUT2D eigenvalue weighted by atomic mass is 10.0. The first-order chi connectivity index (χ1) is 21.5. The summed E-state index contributed by atoms with van der Waals surface area (Å²) in [5, 5.41) is 0.0770.